The van der Waals surface area contributed by atoms with Crippen LogP contribution in [-0.4, -0.2) is 23.9 Å². The zero-order valence-corrected chi connectivity index (χ0v) is 6.93. The molecule has 12 heavy (non-hydrogen) atoms. The van der Waals surface area contributed by atoms with Gasteiger partial charge in [0.15, 0.2) is 0 Å². The summed E-state index contributed by atoms with van der Waals surface area (Å²) in [5, 5.41) is 8.39. The minimum absolute atomic E-state index is 0.121. The summed E-state index contributed by atoms with van der Waals surface area (Å²) < 4.78 is 35.8. The molecule has 0 heterocycles. The highest BCUT2D eigenvalue weighted by molar-refractivity contribution is 4.70. The molecule has 0 aliphatic heterocycles. The molecule has 3 N–H and O–H groups in total. The molecule has 0 aliphatic carbocycles. The molecule has 0 bridgehead atoms. The van der Waals surface area contributed by atoms with E-state index in [1.165, 1.54) is 0 Å². The van der Waals surface area contributed by atoms with Crippen LogP contribution in [0.25, 0.3) is 0 Å². The van der Waals surface area contributed by atoms with Crippen LogP contribution in [0.15, 0.2) is 0 Å². The van der Waals surface area contributed by atoms with E-state index in [4.69, 9.17) is 10.8 Å². The Bertz CT molecular complexity index is 126. The number of hydrogen-bond acceptors (Lipinski definition) is 2. The van der Waals surface area contributed by atoms with Crippen LogP contribution in [0.5, 0.6) is 0 Å². The molecule has 5 heteroatoms. The quantitative estimate of drug-likeness (QED) is 0.693. The Morgan fingerprint density at radius 1 is 1.42 bits per heavy atom. The minimum Gasteiger partial charge on any atom is -0.396 e. The fourth-order valence-electron chi connectivity index (χ4n) is 0.871. The Morgan fingerprint density at radius 3 is 2.25 bits per heavy atom. The standard InChI is InChI=1S/C7H14F3NO/c1-5(7(8,9)10)4-6(11)2-3-12/h5-6,12H,2-4,11H2,1H3. The number of aliphatic hydroxyl groups is 1. The first-order valence-electron chi connectivity index (χ1n) is 3.81. The van der Waals surface area contributed by atoms with Gasteiger partial charge in [-0.05, 0) is 12.8 Å². The van der Waals surface area contributed by atoms with Gasteiger partial charge >= 0.3 is 6.18 Å². The van der Waals surface area contributed by atoms with E-state index >= 15 is 0 Å². The van der Waals surface area contributed by atoms with Gasteiger partial charge in [-0.2, -0.15) is 13.2 Å². The highest BCUT2D eigenvalue weighted by Gasteiger charge is 2.36. The van der Waals surface area contributed by atoms with Crippen molar-refractivity contribution in [1.82, 2.24) is 0 Å². The first-order chi connectivity index (χ1) is 5.38. The van der Waals surface area contributed by atoms with Crippen molar-refractivity contribution in [2.75, 3.05) is 6.61 Å². The lowest BCUT2D eigenvalue weighted by molar-refractivity contribution is -0.172. The van der Waals surface area contributed by atoms with Gasteiger partial charge in [-0.3, -0.25) is 0 Å². The van der Waals surface area contributed by atoms with Gasteiger partial charge in [0.2, 0.25) is 0 Å². The minimum atomic E-state index is -4.17. The molecule has 0 amide bonds. The topological polar surface area (TPSA) is 46.2 Å². The van der Waals surface area contributed by atoms with Crippen LogP contribution in [0.2, 0.25) is 0 Å². The van der Waals surface area contributed by atoms with Crippen molar-refractivity contribution in [3.05, 3.63) is 0 Å². The van der Waals surface area contributed by atoms with E-state index in [1.54, 1.807) is 0 Å². The zero-order valence-electron chi connectivity index (χ0n) is 6.93. The number of rotatable bonds is 4. The maximum absolute atomic E-state index is 11.9. The van der Waals surface area contributed by atoms with Crippen molar-refractivity contribution in [2.45, 2.75) is 32.0 Å². The smallest absolute Gasteiger partial charge is 0.391 e. The van der Waals surface area contributed by atoms with Crippen LogP contribution < -0.4 is 5.73 Å². The molecule has 0 aromatic carbocycles. The van der Waals surface area contributed by atoms with Crippen molar-refractivity contribution < 1.29 is 18.3 Å². The summed E-state index contributed by atoms with van der Waals surface area (Å²) in [6.45, 7) is 0.934. The largest absolute Gasteiger partial charge is 0.396 e. The van der Waals surface area contributed by atoms with Crippen molar-refractivity contribution in [3.63, 3.8) is 0 Å². The number of halogens is 3. The average Bonchev–Trinajstić information content (AvgIpc) is 1.85. The molecule has 0 rings (SSSR count). The fourth-order valence-corrected chi connectivity index (χ4v) is 0.871. The second-order valence-corrected chi connectivity index (χ2v) is 2.95. The molecular weight excluding hydrogens is 171 g/mol. The van der Waals surface area contributed by atoms with E-state index in [0.717, 1.165) is 6.92 Å². The van der Waals surface area contributed by atoms with E-state index in [9.17, 15) is 13.2 Å². The van der Waals surface area contributed by atoms with Crippen LogP contribution in [-0.2, 0) is 0 Å². The molecule has 0 radical (unpaired) electrons. The summed E-state index contributed by atoms with van der Waals surface area (Å²) in [6.07, 6.45) is -4.07. The summed E-state index contributed by atoms with van der Waals surface area (Å²) in [7, 11) is 0. The summed E-state index contributed by atoms with van der Waals surface area (Å²) >= 11 is 0. The monoisotopic (exact) mass is 185 g/mol. The SMILES string of the molecule is CC(CC(N)CCO)C(F)(F)F. The van der Waals surface area contributed by atoms with Gasteiger partial charge in [-0.1, -0.05) is 6.92 Å². The van der Waals surface area contributed by atoms with E-state index in [1.807, 2.05) is 0 Å². The van der Waals surface area contributed by atoms with Crippen LogP contribution in [0.1, 0.15) is 19.8 Å². The van der Waals surface area contributed by atoms with Gasteiger partial charge in [-0.15, -0.1) is 0 Å². The Balaban J connectivity index is 3.76. The average molecular weight is 185 g/mol. The van der Waals surface area contributed by atoms with E-state index in [2.05, 4.69) is 0 Å². The molecule has 0 saturated carbocycles. The highest BCUT2D eigenvalue weighted by atomic mass is 19.4. The maximum Gasteiger partial charge on any atom is 0.391 e. The highest BCUT2D eigenvalue weighted by Crippen LogP contribution is 2.29. The number of alkyl halides is 3. The second-order valence-electron chi connectivity index (χ2n) is 2.95. The van der Waals surface area contributed by atoms with Gasteiger partial charge in [0.05, 0.1) is 5.92 Å². The Hall–Kier alpha value is -0.290. The predicted octanol–water partition coefficient (Wildman–Crippen LogP) is 1.28. The number of hydrogen-bond donors (Lipinski definition) is 2. The van der Waals surface area contributed by atoms with Gasteiger partial charge in [0.1, 0.15) is 0 Å². The van der Waals surface area contributed by atoms with Crippen molar-refractivity contribution >= 4 is 0 Å². The Labute approximate surface area is 69.6 Å². The molecule has 0 fully saturated rings. The molecule has 74 valence electrons. The zero-order chi connectivity index (χ0) is 9.78. The van der Waals surface area contributed by atoms with Crippen LogP contribution in [0.3, 0.4) is 0 Å². The normalized spacial score (nSPS) is 17.5. The van der Waals surface area contributed by atoms with E-state index < -0.39 is 18.1 Å². The van der Waals surface area contributed by atoms with Crippen LogP contribution >= 0.6 is 0 Å². The number of nitrogens with two attached hydrogens (primary N) is 1. The third-order valence-electron chi connectivity index (χ3n) is 1.71. The van der Waals surface area contributed by atoms with Gasteiger partial charge in [0.25, 0.3) is 0 Å². The molecule has 0 aliphatic rings. The molecule has 0 spiro atoms. The molecule has 0 aromatic rings. The van der Waals surface area contributed by atoms with Crippen LogP contribution in [0.4, 0.5) is 13.2 Å². The lowest BCUT2D eigenvalue weighted by Crippen LogP contribution is -2.30. The third-order valence-corrected chi connectivity index (χ3v) is 1.71. The molecule has 2 atom stereocenters. The second kappa shape index (κ2) is 4.67. The van der Waals surface area contributed by atoms with E-state index in [0.29, 0.717) is 0 Å². The summed E-state index contributed by atoms with van der Waals surface area (Å²) in [5.74, 6) is -1.39. The fraction of sp³-hybridized carbons (Fsp3) is 1.00. The molecule has 2 unspecified atom stereocenters. The Morgan fingerprint density at radius 2 is 1.92 bits per heavy atom. The molecular formula is C7H14F3NO. The molecule has 0 aromatic heterocycles. The van der Waals surface area contributed by atoms with Crippen LogP contribution in [0, 0.1) is 5.92 Å². The van der Waals surface area contributed by atoms with Gasteiger partial charge < -0.3 is 10.8 Å². The van der Waals surface area contributed by atoms with Gasteiger partial charge in [0, 0.05) is 12.6 Å². The maximum atomic E-state index is 11.9. The molecule has 2 nitrogen and oxygen atoms in total. The number of aliphatic hydroxyl groups excluding tert-OH is 1. The summed E-state index contributed by atoms with van der Waals surface area (Å²) in [5.41, 5.74) is 5.32. The first kappa shape index (κ1) is 11.7. The van der Waals surface area contributed by atoms with Gasteiger partial charge in [-0.25, -0.2) is 0 Å². The van der Waals surface area contributed by atoms with Crippen molar-refractivity contribution in [3.8, 4) is 0 Å². The van der Waals surface area contributed by atoms with Crippen molar-refractivity contribution in [1.29, 1.82) is 0 Å². The lowest BCUT2D eigenvalue weighted by atomic mass is 10.0. The summed E-state index contributed by atoms with van der Waals surface area (Å²) in [4.78, 5) is 0. The molecule has 0 saturated heterocycles. The summed E-state index contributed by atoms with van der Waals surface area (Å²) in [6, 6.07) is -0.563. The van der Waals surface area contributed by atoms with Crippen molar-refractivity contribution in [2.24, 2.45) is 11.7 Å². The lowest BCUT2D eigenvalue weighted by Gasteiger charge is -2.18. The third kappa shape index (κ3) is 4.56. The predicted molar refractivity (Wildman–Crippen MR) is 39.5 cm³/mol. The van der Waals surface area contributed by atoms with E-state index in [-0.39, 0.29) is 19.4 Å². The first-order valence-corrected chi connectivity index (χ1v) is 3.81. The Kier molecular flexibility index (Phi) is 4.55.